The maximum Gasteiger partial charge on any atom is 0.354 e. The van der Waals surface area contributed by atoms with E-state index in [4.69, 9.17) is 11.6 Å². The molecule has 7 nitrogen and oxygen atoms in total. The standard InChI is InChI=1S/C16H16ClN3O4/c1-10-6-7-20(19-10)14-5-4-11(8-12(14)17)18-13(16(22)24-3)9-15(21)23-2/h4-9,18H,1-3H3/b13-9+. The Morgan fingerprint density at radius 3 is 2.54 bits per heavy atom. The number of ether oxygens (including phenoxy) is 2. The molecular formula is C16H16ClN3O4. The van der Waals surface area contributed by atoms with Crippen molar-refractivity contribution in [3.8, 4) is 5.69 Å². The highest BCUT2D eigenvalue weighted by Gasteiger charge is 2.14. The summed E-state index contributed by atoms with van der Waals surface area (Å²) in [7, 11) is 2.43. The van der Waals surface area contributed by atoms with Crippen LogP contribution in [0, 0.1) is 6.92 Å². The van der Waals surface area contributed by atoms with Crippen molar-refractivity contribution in [3.63, 3.8) is 0 Å². The van der Waals surface area contributed by atoms with Gasteiger partial charge in [0.15, 0.2) is 0 Å². The van der Waals surface area contributed by atoms with E-state index in [1.165, 1.54) is 14.2 Å². The van der Waals surface area contributed by atoms with Gasteiger partial charge in [-0.2, -0.15) is 5.10 Å². The minimum Gasteiger partial charge on any atom is -0.466 e. The first-order valence-electron chi connectivity index (χ1n) is 6.91. The second-order valence-electron chi connectivity index (χ2n) is 4.77. The number of esters is 2. The van der Waals surface area contributed by atoms with Crippen molar-refractivity contribution < 1.29 is 19.1 Å². The SMILES string of the molecule is COC(=O)/C=C(/Nc1ccc(-n2ccc(C)n2)c(Cl)c1)C(=O)OC. The van der Waals surface area contributed by atoms with Gasteiger partial charge >= 0.3 is 11.9 Å². The van der Waals surface area contributed by atoms with Gasteiger partial charge in [-0.25, -0.2) is 14.3 Å². The molecule has 1 N–H and O–H groups in total. The van der Waals surface area contributed by atoms with E-state index in [1.54, 1.807) is 29.1 Å². The molecule has 126 valence electrons. The molecule has 24 heavy (non-hydrogen) atoms. The molecule has 0 saturated heterocycles. The molecular weight excluding hydrogens is 334 g/mol. The average Bonchev–Trinajstić information content (AvgIpc) is 2.99. The molecule has 0 bridgehead atoms. The number of nitrogens with one attached hydrogen (secondary N) is 1. The van der Waals surface area contributed by atoms with Crippen molar-refractivity contribution in [1.82, 2.24) is 9.78 Å². The van der Waals surface area contributed by atoms with Gasteiger partial charge in [-0.3, -0.25) is 0 Å². The molecule has 0 aliphatic heterocycles. The van der Waals surface area contributed by atoms with Crippen molar-refractivity contribution in [2.75, 3.05) is 19.5 Å². The number of aromatic nitrogens is 2. The first kappa shape index (κ1) is 17.6. The smallest absolute Gasteiger partial charge is 0.354 e. The van der Waals surface area contributed by atoms with Gasteiger partial charge in [0.2, 0.25) is 0 Å². The molecule has 0 atom stereocenters. The molecule has 0 aliphatic carbocycles. The van der Waals surface area contributed by atoms with Gasteiger partial charge in [-0.15, -0.1) is 0 Å². The Morgan fingerprint density at radius 1 is 1.25 bits per heavy atom. The Bertz CT molecular complexity index is 798. The normalized spacial score (nSPS) is 11.1. The van der Waals surface area contributed by atoms with E-state index in [0.29, 0.717) is 16.4 Å². The number of hydrogen-bond donors (Lipinski definition) is 1. The number of benzene rings is 1. The van der Waals surface area contributed by atoms with Crippen LogP contribution in [0.15, 0.2) is 42.2 Å². The molecule has 2 aromatic rings. The lowest BCUT2D eigenvalue weighted by Crippen LogP contribution is -2.15. The van der Waals surface area contributed by atoms with Crippen LogP contribution in [0.2, 0.25) is 5.02 Å². The summed E-state index contributed by atoms with van der Waals surface area (Å²) in [6.07, 6.45) is 2.80. The van der Waals surface area contributed by atoms with Gasteiger partial charge in [0.05, 0.1) is 36.7 Å². The third kappa shape index (κ3) is 4.14. The molecule has 1 heterocycles. The van der Waals surface area contributed by atoms with Crippen molar-refractivity contribution >= 4 is 29.2 Å². The topological polar surface area (TPSA) is 82.5 Å². The molecule has 0 spiro atoms. The summed E-state index contributed by atoms with van der Waals surface area (Å²) < 4.78 is 10.8. The number of carbonyl (C=O) groups is 2. The van der Waals surface area contributed by atoms with Gasteiger partial charge in [-0.1, -0.05) is 11.6 Å². The van der Waals surface area contributed by atoms with Gasteiger partial charge in [0.25, 0.3) is 0 Å². The van der Waals surface area contributed by atoms with Crippen LogP contribution in [0.5, 0.6) is 0 Å². The van der Waals surface area contributed by atoms with E-state index in [9.17, 15) is 9.59 Å². The molecule has 0 saturated carbocycles. The van der Waals surface area contributed by atoms with E-state index in [-0.39, 0.29) is 5.70 Å². The largest absolute Gasteiger partial charge is 0.466 e. The maximum absolute atomic E-state index is 11.7. The number of anilines is 1. The highest BCUT2D eigenvalue weighted by molar-refractivity contribution is 6.32. The van der Waals surface area contributed by atoms with Crippen molar-refractivity contribution in [2.45, 2.75) is 6.92 Å². The fraction of sp³-hybridized carbons (Fsp3) is 0.188. The quantitative estimate of drug-likeness (QED) is 0.659. The molecule has 0 unspecified atom stereocenters. The molecule has 0 amide bonds. The Morgan fingerprint density at radius 2 is 2.00 bits per heavy atom. The number of hydrogen-bond acceptors (Lipinski definition) is 6. The zero-order valence-electron chi connectivity index (χ0n) is 13.4. The van der Waals surface area contributed by atoms with Crippen LogP contribution in [0.3, 0.4) is 0 Å². The Kier molecular flexibility index (Phi) is 5.59. The maximum atomic E-state index is 11.7. The third-order valence-corrected chi connectivity index (χ3v) is 3.37. The summed E-state index contributed by atoms with van der Waals surface area (Å²) in [6, 6.07) is 6.91. The number of rotatable bonds is 5. The fourth-order valence-electron chi connectivity index (χ4n) is 1.91. The highest BCUT2D eigenvalue weighted by atomic mass is 35.5. The van der Waals surface area contributed by atoms with E-state index in [1.807, 2.05) is 13.0 Å². The van der Waals surface area contributed by atoms with Crippen LogP contribution in [-0.4, -0.2) is 35.9 Å². The Hall–Kier alpha value is -2.80. The lowest BCUT2D eigenvalue weighted by Gasteiger charge is -2.11. The third-order valence-electron chi connectivity index (χ3n) is 3.06. The Balaban J connectivity index is 2.28. The molecule has 0 aliphatic rings. The molecule has 0 radical (unpaired) electrons. The van der Waals surface area contributed by atoms with Gasteiger partial charge in [0, 0.05) is 11.9 Å². The first-order chi connectivity index (χ1) is 11.4. The number of carbonyl (C=O) groups excluding carboxylic acids is 2. The van der Waals surface area contributed by atoms with Crippen LogP contribution >= 0.6 is 11.6 Å². The van der Waals surface area contributed by atoms with E-state index >= 15 is 0 Å². The average molecular weight is 350 g/mol. The van der Waals surface area contributed by atoms with Crippen LogP contribution in [0.1, 0.15) is 5.69 Å². The zero-order chi connectivity index (χ0) is 17.7. The second kappa shape index (κ2) is 7.65. The summed E-state index contributed by atoms with van der Waals surface area (Å²) in [5, 5.41) is 7.50. The number of halogens is 1. The minimum atomic E-state index is -0.705. The lowest BCUT2D eigenvalue weighted by molar-refractivity contribution is -0.138. The predicted molar refractivity (Wildman–Crippen MR) is 89.0 cm³/mol. The van der Waals surface area contributed by atoms with Crippen LogP contribution in [0.25, 0.3) is 5.69 Å². The molecule has 0 fully saturated rings. The van der Waals surface area contributed by atoms with Gasteiger partial charge in [-0.05, 0) is 31.2 Å². The summed E-state index contributed by atoms with van der Waals surface area (Å²) in [4.78, 5) is 23.1. The predicted octanol–water partition coefficient (Wildman–Crippen LogP) is 2.48. The zero-order valence-corrected chi connectivity index (χ0v) is 14.1. The van der Waals surface area contributed by atoms with Crippen LogP contribution in [-0.2, 0) is 19.1 Å². The van der Waals surface area contributed by atoms with Crippen LogP contribution < -0.4 is 5.32 Å². The Labute approximate surface area is 143 Å². The molecule has 1 aromatic carbocycles. The van der Waals surface area contributed by atoms with E-state index in [0.717, 1.165) is 11.8 Å². The van der Waals surface area contributed by atoms with Crippen molar-refractivity contribution in [2.24, 2.45) is 0 Å². The highest BCUT2D eigenvalue weighted by Crippen LogP contribution is 2.25. The van der Waals surface area contributed by atoms with E-state index < -0.39 is 11.9 Å². The molecule has 8 heteroatoms. The minimum absolute atomic E-state index is 0.0666. The summed E-state index contributed by atoms with van der Waals surface area (Å²) in [5.74, 6) is -1.39. The number of methoxy groups -OCH3 is 2. The monoisotopic (exact) mass is 349 g/mol. The van der Waals surface area contributed by atoms with Crippen molar-refractivity contribution in [1.29, 1.82) is 0 Å². The number of aryl methyl sites for hydroxylation is 1. The first-order valence-corrected chi connectivity index (χ1v) is 7.29. The van der Waals surface area contributed by atoms with Crippen molar-refractivity contribution in [3.05, 3.63) is 53.0 Å². The van der Waals surface area contributed by atoms with Gasteiger partial charge < -0.3 is 14.8 Å². The molecule has 1 aromatic heterocycles. The van der Waals surface area contributed by atoms with E-state index in [2.05, 4.69) is 19.9 Å². The summed E-state index contributed by atoms with van der Waals surface area (Å²) in [5.41, 5.74) is 1.99. The summed E-state index contributed by atoms with van der Waals surface area (Å²) >= 11 is 6.27. The van der Waals surface area contributed by atoms with Gasteiger partial charge in [0.1, 0.15) is 5.70 Å². The fourth-order valence-corrected chi connectivity index (χ4v) is 2.18. The second-order valence-corrected chi connectivity index (χ2v) is 5.17. The van der Waals surface area contributed by atoms with Crippen LogP contribution in [0.4, 0.5) is 5.69 Å². The molecule has 2 rings (SSSR count). The summed E-state index contributed by atoms with van der Waals surface area (Å²) in [6.45, 7) is 1.88. The lowest BCUT2D eigenvalue weighted by atomic mass is 10.2. The number of nitrogens with zero attached hydrogens (tertiary/aromatic N) is 2.